The van der Waals surface area contributed by atoms with Crippen LogP contribution in [0.15, 0.2) is 10.8 Å². The molecule has 0 radical (unpaired) electrons. The first kappa shape index (κ1) is 12.6. The topological polar surface area (TPSA) is 77.2 Å². The molecule has 0 aliphatic carbocycles. The highest BCUT2D eigenvalue weighted by Crippen LogP contribution is 1.91. The quantitative estimate of drug-likeness (QED) is 0.670. The fourth-order valence-electron chi connectivity index (χ4n) is 1.08. The van der Waals surface area contributed by atoms with E-state index in [9.17, 15) is 4.79 Å². The van der Waals surface area contributed by atoms with Gasteiger partial charge in [-0.2, -0.15) is 0 Å². The minimum Gasteiger partial charge on any atom is -0.381 e. The summed E-state index contributed by atoms with van der Waals surface area (Å²) in [4.78, 5) is 11.3. The van der Waals surface area contributed by atoms with Crippen LogP contribution in [-0.4, -0.2) is 36.0 Å². The fraction of sp³-hybridized carbons (Fsp3) is 0.700. The molecule has 6 nitrogen and oxygen atoms in total. The molecule has 0 fully saturated rings. The second-order valence-electron chi connectivity index (χ2n) is 3.37. The average Bonchev–Trinajstić information content (AvgIpc) is 2.81. The fourth-order valence-corrected chi connectivity index (χ4v) is 1.08. The smallest absolute Gasteiger partial charge is 0.275 e. The third-order valence-corrected chi connectivity index (χ3v) is 1.99. The number of nitrogens with one attached hydrogen (secondary N) is 1. The van der Waals surface area contributed by atoms with Gasteiger partial charge in [-0.25, -0.2) is 4.63 Å². The number of hydrogen-bond acceptors (Lipinski definition) is 5. The number of aromatic nitrogens is 2. The Bertz CT molecular complexity index is 288. The van der Waals surface area contributed by atoms with Crippen LogP contribution in [0.25, 0.3) is 0 Å². The van der Waals surface area contributed by atoms with Crippen molar-refractivity contribution in [2.75, 3.05) is 19.8 Å². The van der Waals surface area contributed by atoms with Crippen LogP contribution in [0.1, 0.15) is 36.7 Å². The van der Waals surface area contributed by atoms with Gasteiger partial charge in [0.05, 0.1) is 0 Å². The van der Waals surface area contributed by atoms with Crippen molar-refractivity contribution in [1.82, 2.24) is 15.6 Å². The largest absolute Gasteiger partial charge is 0.381 e. The van der Waals surface area contributed by atoms with E-state index < -0.39 is 0 Å². The molecular formula is C10H17N3O3. The Morgan fingerprint density at radius 1 is 1.50 bits per heavy atom. The van der Waals surface area contributed by atoms with E-state index in [2.05, 4.69) is 27.2 Å². The molecule has 0 saturated heterocycles. The monoisotopic (exact) mass is 227 g/mol. The highest BCUT2D eigenvalue weighted by Gasteiger charge is 2.08. The molecule has 1 heterocycles. The number of unbranched alkanes of at least 4 members (excludes halogenated alkanes) is 1. The average molecular weight is 227 g/mol. The van der Waals surface area contributed by atoms with E-state index in [-0.39, 0.29) is 11.6 Å². The van der Waals surface area contributed by atoms with E-state index in [0.29, 0.717) is 13.2 Å². The standard InChI is InChI=1S/C10H17N3O3/c1-2-3-6-15-7-4-5-11-10(14)9-8-12-16-13-9/h8H,2-7H2,1H3,(H,11,14). The molecular weight excluding hydrogens is 210 g/mol. The van der Waals surface area contributed by atoms with E-state index in [1.807, 2.05) is 0 Å². The summed E-state index contributed by atoms with van der Waals surface area (Å²) in [6.45, 7) is 4.14. The van der Waals surface area contributed by atoms with Crippen LogP contribution in [-0.2, 0) is 4.74 Å². The molecule has 1 amide bonds. The summed E-state index contributed by atoms with van der Waals surface area (Å²) in [7, 11) is 0. The number of amides is 1. The molecule has 0 unspecified atom stereocenters. The summed E-state index contributed by atoms with van der Waals surface area (Å²) >= 11 is 0. The van der Waals surface area contributed by atoms with Gasteiger partial charge in [-0.3, -0.25) is 4.79 Å². The maximum atomic E-state index is 11.3. The van der Waals surface area contributed by atoms with E-state index in [4.69, 9.17) is 4.74 Å². The van der Waals surface area contributed by atoms with Gasteiger partial charge in [0.1, 0.15) is 6.20 Å². The van der Waals surface area contributed by atoms with Crippen molar-refractivity contribution in [3.05, 3.63) is 11.9 Å². The molecule has 0 bridgehead atoms. The van der Waals surface area contributed by atoms with Gasteiger partial charge in [0.15, 0.2) is 5.69 Å². The minimum atomic E-state index is -0.269. The van der Waals surface area contributed by atoms with Crippen molar-refractivity contribution in [2.45, 2.75) is 26.2 Å². The molecule has 0 aliphatic heterocycles. The third kappa shape index (κ3) is 4.88. The maximum Gasteiger partial charge on any atom is 0.275 e. The Balaban J connectivity index is 1.97. The number of ether oxygens (including phenoxy) is 1. The van der Waals surface area contributed by atoms with Crippen molar-refractivity contribution in [1.29, 1.82) is 0 Å². The molecule has 1 rings (SSSR count). The second kappa shape index (κ2) is 7.81. The first-order valence-corrected chi connectivity index (χ1v) is 5.48. The van der Waals surface area contributed by atoms with Crippen molar-refractivity contribution in [2.24, 2.45) is 0 Å². The summed E-state index contributed by atoms with van der Waals surface area (Å²) in [5, 5.41) is 9.47. The predicted octanol–water partition coefficient (Wildman–Crippen LogP) is 1.01. The molecule has 1 N–H and O–H groups in total. The lowest BCUT2D eigenvalue weighted by molar-refractivity contribution is 0.0931. The lowest BCUT2D eigenvalue weighted by Crippen LogP contribution is -2.25. The number of rotatable bonds is 8. The van der Waals surface area contributed by atoms with Crippen molar-refractivity contribution >= 4 is 5.91 Å². The van der Waals surface area contributed by atoms with Crippen LogP contribution in [0.2, 0.25) is 0 Å². The molecule has 0 spiro atoms. The zero-order valence-electron chi connectivity index (χ0n) is 9.44. The zero-order valence-corrected chi connectivity index (χ0v) is 9.44. The van der Waals surface area contributed by atoms with Gasteiger partial charge in [0.25, 0.3) is 5.91 Å². The summed E-state index contributed by atoms with van der Waals surface area (Å²) < 4.78 is 9.67. The predicted molar refractivity (Wildman–Crippen MR) is 57.0 cm³/mol. The van der Waals surface area contributed by atoms with Gasteiger partial charge in [-0.05, 0) is 18.0 Å². The van der Waals surface area contributed by atoms with Crippen LogP contribution in [0.4, 0.5) is 0 Å². The first-order valence-electron chi connectivity index (χ1n) is 5.48. The van der Waals surface area contributed by atoms with Gasteiger partial charge < -0.3 is 10.1 Å². The molecule has 90 valence electrons. The lowest BCUT2D eigenvalue weighted by Gasteiger charge is -2.03. The van der Waals surface area contributed by atoms with Gasteiger partial charge in [-0.15, -0.1) is 0 Å². The SMILES string of the molecule is CCCCOCCCNC(=O)c1cnon1. The van der Waals surface area contributed by atoms with Crippen LogP contribution in [0.5, 0.6) is 0 Å². The molecule has 0 atom stereocenters. The van der Waals surface area contributed by atoms with Crippen LogP contribution < -0.4 is 5.32 Å². The highest BCUT2D eigenvalue weighted by atomic mass is 16.6. The first-order chi connectivity index (χ1) is 7.84. The Hall–Kier alpha value is -1.43. The van der Waals surface area contributed by atoms with Crippen LogP contribution >= 0.6 is 0 Å². The number of carbonyl (C=O) groups is 1. The molecule has 0 aliphatic rings. The van der Waals surface area contributed by atoms with Crippen LogP contribution in [0.3, 0.4) is 0 Å². The zero-order chi connectivity index (χ0) is 11.6. The third-order valence-electron chi connectivity index (χ3n) is 1.99. The Morgan fingerprint density at radius 2 is 2.31 bits per heavy atom. The van der Waals surface area contributed by atoms with Crippen molar-refractivity contribution < 1.29 is 14.2 Å². The van der Waals surface area contributed by atoms with E-state index in [1.54, 1.807) is 0 Å². The van der Waals surface area contributed by atoms with Gasteiger partial charge >= 0.3 is 0 Å². The van der Waals surface area contributed by atoms with Crippen molar-refractivity contribution in [3.63, 3.8) is 0 Å². The molecule has 6 heteroatoms. The van der Waals surface area contributed by atoms with Crippen LogP contribution in [0, 0.1) is 0 Å². The van der Waals surface area contributed by atoms with E-state index in [1.165, 1.54) is 6.20 Å². The highest BCUT2D eigenvalue weighted by molar-refractivity contribution is 5.91. The summed E-state index contributed by atoms with van der Waals surface area (Å²) in [5.41, 5.74) is 0.201. The van der Waals surface area contributed by atoms with Crippen molar-refractivity contribution in [3.8, 4) is 0 Å². The molecule has 1 aromatic heterocycles. The number of hydrogen-bond donors (Lipinski definition) is 1. The summed E-state index contributed by atoms with van der Waals surface area (Å²) in [6.07, 6.45) is 4.29. The van der Waals surface area contributed by atoms with E-state index >= 15 is 0 Å². The lowest BCUT2D eigenvalue weighted by atomic mass is 10.3. The molecule has 16 heavy (non-hydrogen) atoms. The summed E-state index contributed by atoms with van der Waals surface area (Å²) in [5.74, 6) is -0.269. The summed E-state index contributed by atoms with van der Waals surface area (Å²) in [6, 6.07) is 0. The Morgan fingerprint density at radius 3 is 3.00 bits per heavy atom. The number of nitrogens with zero attached hydrogens (tertiary/aromatic N) is 2. The van der Waals surface area contributed by atoms with E-state index in [0.717, 1.165) is 25.9 Å². The normalized spacial score (nSPS) is 10.3. The minimum absolute atomic E-state index is 0.201. The Kier molecular flexibility index (Phi) is 6.17. The van der Waals surface area contributed by atoms with Gasteiger partial charge in [0, 0.05) is 19.8 Å². The van der Waals surface area contributed by atoms with Gasteiger partial charge in [0.2, 0.25) is 0 Å². The Labute approximate surface area is 94.3 Å². The molecule has 1 aromatic rings. The maximum absolute atomic E-state index is 11.3. The van der Waals surface area contributed by atoms with Gasteiger partial charge in [-0.1, -0.05) is 18.5 Å². The number of carbonyl (C=O) groups excluding carboxylic acids is 1. The molecule has 0 aromatic carbocycles. The molecule has 0 saturated carbocycles. The second-order valence-corrected chi connectivity index (χ2v) is 3.37.